The van der Waals surface area contributed by atoms with Crippen LogP contribution in [0.3, 0.4) is 0 Å². The third kappa shape index (κ3) is 4.32. The second kappa shape index (κ2) is 7.44. The lowest BCUT2D eigenvalue weighted by atomic mass is 10.1. The second-order valence-corrected chi connectivity index (χ2v) is 4.36. The Hall–Kier alpha value is -2.35. The van der Waals surface area contributed by atoms with Crippen LogP contribution in [0.1, 0.15) is 10.4 Å². The zero-order valence-electron chi connectivity index (χ0n) is 11.9. The lowest BCUT2D eigenvalue weighted by Crippen LogP contribution is -2.37. The van der Waals surface area contributed by atoms with Gasteiger partial charge in [-0.1, -0.05) is 0 Å². The van der Waals surface area contributed by atoms with Gasteiger partial charge in [0.15, 0.2) is 0 Å². The number of nitrogens with one attached hydrogen (secondary N) is 1. The maximum absolute atomic E-state index is 13.4. The number of anilines is 2. The highest BCUT2D eigenvalue weighted by atomic mass is 19.1. The quantitative estimate of drug-likeness (QED) is 0.494. The zero-order valence-corrected chi connectivity index (χ0v) is 11.9. The van der Waals surface area contributed by atoms with Gasteiger partial charge < -0.3 is 25.8 Å². The monoisotopic (exact) mass is 299 g/mol. The molecule has 7 nitrogen and oxygen atoms in total. The summed E-state index contributed by atoms with van der Waals surface area (Å²) in [7, 11) is 3.04. The Morgan fingerprint density at radius 2 is 2.14 bits per heavy atom. The minimum absolute atomic E-state index is 0.0882. The molecule has 116 valence electrons. The van der Waals surface area contributed by atoms with Gasteiger partial charge in [0.1, 0.15) is 11.4 Å². The predicted octanol–water partition coefficient (Wildman–Crippen LogP) is 0.305. The minimum Gasteiger partial charge on any atom is -0.478 e. The number of amides is 1. The fraction of sp³-hybridized carbons (Fsp3) is 0.385. The number of ether oxygens (including phenoxy) is 1. The second-order valence-electron chi connectivity index (χ2n) is 4.36. The maximum atomic E-state index is 13.4. The smallest absolute Gasteiger partial charge is 0.340 e. The highest BCUT2D eigenvalue weighted by molar-refractivity contribution is 6.00. The van der Waals surface area contributed by atoms with Gasteiger partial charge in [-0.3, -0.25) is 4.79 Å². The van der Waals surface area contributed by atoms with Crippen LogP contribution < -0.4 is 16.0 Å². The summed E-state index contributed by atoms with van der Waals surface area (Å²) >= 11 is 0. The predicted molar refractivity (Wildman–Crippen MR) is 75.9 cm³/mol. The summed E-state index contributed by atoms with van der Waals surface area (Å²) in [5.74, 6) is -2.48. The van der Waals surface area contributed by atoms with Gasteiger partial charge in [0.05, 0.1) is 24.5 Å². The molecule has 1 rings (SSSR count). The maximum Gasteiger partial charge on any atom is 0.340 e. The van der Waals surface area contributed by atoms with Crippen LogP contribution in [0.25, 0.3) is 0 Å². The first-order chi connectivity index (χ1) is 9.88. The number of halogens is 1. The summed E-state index contributed by atoms with van der Waals surface area (Å²) in [6.07, 6.45) is 0. The van der Waals surface area contributed by atoms with Crippen LogP contribution in [0.15, 0.2) is 12.1 Å². The van der Waals surface area contributed by atoms with E-state index in [4.69, 9.17) is 15.6 Å². The molecule has 0 bridgehead atoms. The minimum atomic E-state index is -1.35. The molecule has 0 aliphatic carbocycles. The van der Waals surface area contributed by atoms with Crippen LogP contribution >= 0.6 is 0 Å². The molecule has 1 aromatic rings. The van der Waals surface area contributed by atoms with Crippen molar-refractivity contribution >= 4 is 23.3 Å². The summed E-state index contributed by atoms with van der Waals surface area (Å²) in [5.41, 5.74) is 4.81. The first-order valence-corrected chi connectivity index (χ1v) is 6.16. The Balaban J connectivity index is 2.87. The van der Waals surface area contributed by atoms with Crippen molar-refractivity contribution < 1.29 is 23.8 Å². The summed E-state index contributed by atoms with van der Waals surface area (Å²) < 4.78 is 18.1. The van der Waals surface area contributed by atoms with Crippen LogP contribution in [-0.2, 0) is 9.53 Å². The van der Waals surface area contributed by atoms with Crippen molar-refractivity contribution in [2.45, 2.75) is 0 Å². The van der Waals surface area contributed by atoms with E-state index in [-0.39, 0.29) is 23.7 Å². The largest absolute Gasteiger partial charge is 0.478 e. The van der Waals surface area contributed by atoms with Crippen LogP contribution in [0.2, 0.25) is 0 Å². The number of aromatic carboxylic acids is 1. The number of methoxy groups -OCH3 is 1. The first-order valence-electron chi connectivity index (χ1n) is 6.16. The highest BCUT2D eigenvalue weighted by Crippen LogP contribution is 2.27. The molecule has 0 fully saturated rings. The molecule has 1 amide bonds. The van der Waals surface area contributed by atoms with E-state index in [1.807, 2.05) is 0 Å². The van der Waals surface area contributed by atoms with E-state index in [0.29, 0.717) is 13.2 Å². The summed E-state index contributed by atoms with van der Waals surface area (Å²) in [4.78, 5) is 24.3. The number of nitrogens with zero attached hydrogens (tertiary/aromatic N) is 1. The van der Waals surface area contributed by atoms with Gasteiger partial charge in [0.25, 0.3) is 0 Å². The molecule has 0 aliphatic heterocycles. The average molecular weight is 299 g/mol. The topological polar surface area (TPSA) is 105 Å². The fourth-order valence-corrected chi connectivity index (χ4v) is 1.77. The van der Waals surface area contributed by atoms with E-state index in [1.54, 1.807) is 0 Å². The number of rotatable bonds is 7. The molecule has 0 aliphatic rings. The summed E-state index contributed by atoms with van der Waals surface area (Å²) in [6.45, 7) is 0.634. The fourth-order valence-electron chi connectivity index (χ4n) is 1.77. The molecule has 21 heavy (non-hydrogen) atoms. The van der Waals surface area contributed by atoms with Gasteiger partial charge in [0, 0.05) is 20.7 Å². The number of carboxylic acid groups (broad SMARTS) is 1. The Kier molecular flexibility index (Phi) is 5.92. The van der Waals surface area contributed by atoms with Crippen molar-refractivity contribution in [3.8, 4) is 0 Å². The van der Waals surface area contributed by atoms with Crippen molar-refractivity contribution in [2.75, 3.05) is 44.5 Å². The Morgan fingerprint density at radius 3 is 2.71 bits per heavy atom. The molecule has 0 radical (unpaired) electrons. The molecule has 0 atom stereocenters. The lowest BCUT2D eigenvalue weighted by Gasteiger charge is -2.21. The van der Waals surface area contributed by atoms with Crippen molar-refractivity contribution in [2.24, 2.45) is 0 Å². The zero-order chi connectivity index (χ0) is 16.0. The van der Waals surface area contributed by atoms with Crippen molar-refractivity contribution in [1.82, 2.24) is 5.32 Å². The highest BCUT2D eigenvalue weighted by Gasteiger charge is 2.20. The third-order valence-electron chi connectivity index (χ3n) is 2.80. The Bertz CT molecular complexity index is 536. The van der Waals surface area contributed by atoms with E-state index >= 15 is 0 Å². The van der Waals surface area contributed by atoms with Crippen LogP contribution in [-0.4, -0.2) is 50.8 Å². The van der Waals surface area contributed by atoms with Crippen molar-refractivity contribution in [3.05, 3.63) is 23.5 Å². The molecule has 0 unspecified atom stereocenters. The SMILES string of the molecule is COCCNC(=O)CN(C)c1ccc(F)c(N)c1C(=O)O. The summed E-state index contributed by atoms with van der Waals surface area (Å²) in [5, 5.41) is 11.7. The van der Waals surface area contributed by atoms with Gasteiger partial charge in [0.2, 0.25) is 5.91 Å². The third-order valence-corrected chi connectivity index (χ3v) is 2.80. The number of hydrogen-bond donors (Lipinski definition) is 3. The van der Waals surface area contributed by atoms with E-state index in [2.05, 4.69) is 5.32 Å². The number of benzene rings is 1. The summed E-state index contributed by atoms with van der Waals surface area (Å²) in [6, 6.07) is 2.34. The van der Waals surface area contributed by atoms with Gasteiger partial charge in [-0.05, 0) is 12.1 Å². The number of nitrogens with two attached hydrogens (primary N) is 1. The van der Waals surface area contributed by atoms with E-state index in [1.165, 1.54) is 25.1 Å². The van der Waals surface area contributed by atoms with Crippen LogP contribution in [0, 0.1) is 5.82 Å². The molecule has 0 heterocycles. The number of likely N-dealkylation sites (N-methyl/N-ethyl adjacent to an activating group) is 1. The van der Waals surface area contributed by atoms with E-state index < -0.39 is 17.5 Å². The molecule has 0 aromatic heterocycles. The van der Waals surface area contributed by atoms with Crippen LogP contribution in [0.5, 0.6) is 0 Å². The molecular weight excluding hydrogens is 281 g/mol. The van der Waals surface area contributed by atoms with Crippen molar-refractivity contribution in [3.63, 3.8) is 0 Å². The molecule has 0 saturated heterocycles. The lowest BCUT2D eigenvalue weighted by molar-refractivity contribution is -0.119. The average Bonchev–Trinajstić information content (AvgIpc) is 2.41. The normalized spacial score (nSPS) is 10.2. The first kappa shape index (κ1) is 16.7. The Labute approximate surface area is 121 Å². The van der Waals surface area contributed by atoms with Gasteiger partial charge in [-0.2, -0.15) is 0 Å². The molecule has 4 N–H and O–H groups in total. The molecular formula is C13H18FN3O4. The molecule has 8 heteroatoms. The van der Waals surface area contributed by atoms with Crippen molar-refractivity contribution in [1.29, 1.82) is 0 Å². The number of carbonyl (C=O) groups excluding carboxylic acids is 1. The Morgan fingerprint density at radius 1 is 1.48 bits per heavy atom. The molecule has 0 saturated carbocycles. The van der Waals surface area contributed by atoms with Gasteiger partial charge in [-0.15, -0.1) is 0 Å². The van der Waals surface area contributed by atoms with E-state index in [9.17, 15) is 14.0 Å². The van der Waals surface area contributed by atoms with E-state index in [0.717, 1.165) is 6.07 Å². The van der Waals surface area contributed by atoms with Crippen LogP contribution in [0.4, 0.5) is 15.8 Å². The molecule has 0 spiro atoms. The standard InChI is InChI=1S/C13H18FN3O4/c1-17(7-10(18)16-5-6-21-2)9-4-3-8(14)12(15)11(9)13(19)20/h3-4H,5-7,15H2,1-2H3,(H,16,18)(H,19,20). The number of nitrogen functional groups attached to an aromatic ring is 1. The van der Waals surface area contributed by atoms with Gasteiger partial charge >= 0.3 is 5.97 Å². The molecule has 1 aromatic carbocycles. The number of carbonyl (C=O) groups is 2. The number of carboxylic acids is 1. The number of hydrogen-bond acceptors (Lipinski definition) is 5. The van der Waals surface area contributed by atoms with Gasteiger partial charge in [-0.25, -0.2) is 9.18 Å².